The highest BCUT2D eigenvalue weighted by atomic mass is 32.2. The third kappa shape index (κ3) is 3.65. The first-order valence-electron chi connectivity index (χ1n) is 6.72. The number of ether oxygens (including phenoxy) is 1. The van der Waals surface area contributed by atoms with Gasteiger partial charge in [-0.05, 0) is 13.0 Å². The lowest BCUT2D eigenvalue weighted by molar-refractivity contribution is -0.385. The number of carbonyl (C=O) groups excluding carboxylic acids is 1. The number of aryl methyl sites for hydroxylation is 1. The van der Waals surface area contributed by atoms with Gasteiger partial charge in [-0.3, -0.25) is 14.9 Å². The molecule has 1 aliphatic rings. The van der Waals surface area contributed by atoms with E-state index in [1.54, 1.807) is 6.92 Å². The number of nitro groups is 1. The summed E-state index contributed by atoms with van der Waals surface area (Å²) in [6.07, 6.45) is 0. The largest absolute Gasteiger partial charge is 0.468 e. The fraction of sp³-hybridized carbons (Fsp3) is 0.462. The van der Waals surface area contributed by atoms with Gasteiger partial charge < -0.3 is 4.74 Å². The molecule has 1 fully saturated rings. The molecule has 1 aliphatic heterocycles. The Balaban J connectivity index is 2.33. The lowest BCUT2D eigenvalue weighted by atomic mass is 10.2. The number of esters is 1. The Labute approximate surface area is 138 Å². The van der Waals surface area contributed by atoms with Crippen molar-refractivity contribution in [3.63, 3.8) is 0 Å². The third-order valence-corrected chi connectivity index (χ3v) is 6.53. The standard InChI is InChI=1S/C13H16N2O6S2/c1-9-3-4-10(7-11(9)15(17)18)23(19,20)14-5-6-22-12(8-14)13(16)21-2/h3-4,7,12H,5-6,8H2,1-2H3/t12-/m0/s1. The van der Waals surface area contributed by atoms with Crippen LogP contribution in [0.15, 0.2) is 23.1 Å². The molecule has 0 aliphatic carbocycles. The molecule has 0 radical (unpaired) electrons. The molecule has 2 rings (SSSR count). The van der Waals surface area contributed by atoms with Crippen molar-refractivity contribution in [2.24, 2.45) is 0 Å². The minimum absolute atomic E-state index is 0.0126. The van der Waals surface area contributed by atoms with Crippen LogP contribution in [0.4, 0.5) is 5.69 Å². The zero-order chi connectivity index (χ0) is 17.2. The summed E-state index contributed by atoms with van der Waals surface area (Å²) in [5.74, 6) is -0.0303. The van der Waals surface area contributed by atoms with Crippen LogP contribution >= 0.6 is 11.8 Å². The molecule has 0 saturated carbocycles. The predicted molar refractivity (Wildman–Crippen MR) is 84.9 cm³/mol. The molecular formula is C13H16N2O6S2. The van der Waals surface area contributed by atoms with Crippen molar-refractivity contribution in [3.05, 3.63) is 33.9 Å². The minimum atomic E-state index is -3.90. The number of nitrogens with zero attached hydrogens (tertiary/aromatic N) is 2. The van der Waals surface area contributed by atoms with Gasteiger partial charge in [-0.15, -0.1) is 11.8 Å². The van der Waals surface area contributed by atoms with E-state index in [2.05, 4.69) is 4.74 Å². The molecule has 1 atom stereocenters. The summed E-state index contributed by atoms with van der Waals surface area (Å²) in [6, 6.07) is 3.80. The van der Waals surface area contributed by atoms with Gasteiger partial charge >= 0.3 is 5.97 Å². The summed E-state index contributed by atoms with van der Waals surface area (Å²) < 4.78 is 31.2. The van der Waals surface area contributed by atoms with Crippen LogP contribution in [0, 0.1) is 17.0 Å². The fourth-order valence-electron chi connectivity index (χ4n) is 2.21. The smallest absolute Gasteiger partial charge is 0.320 e. The van der Waals surface area contributed by atoms with E-state index in [1.165, 1.54) is 35.3 Å². The minimum Gasteiger partial charge on any atom is -0.468 e. The van der Waals surface area contributed by atoms with Crippen molar-refractivity contribution >= 4 is 33.4 Å². The summed E-state index contributed by atoms with van der Waals surface area (Å²) in [6.45, 7) is 1.77. The number of methoxy groups -OCH3 is 1. The Morgan fingerprint density at radius 1 is 1.48 bits per heavy atom. The number of rotatable bonds is 4. The van der Waals surface area contributed by atoms with Gasteiger partial charge in [0.05, 0.1) is 16.9 Å². The summed E-state index contributed by atoms with van der Waals surface area (Å²) >= 11 is 1.33. The molecule has 1 aromatic rings. The molecule has 1 heterocycles. The lowest BCUT2D eigenvalue weighted by Crippen LogP contribution is -2.44. The molecule has 8 nitrogen and oxygen atoms in total. The van der Waals surface area contributed by atoms with Gasteiger partial charge in [0.1, 0.15) is 5.25 Å². The van der Waals surface area contributed by atoms with E-state index in [9.17, 15) is 23.3 Å². The second kappa shape index (κ2) is 6.85. The highest BCUT2D eigenvalue weighted by molar-refractivity contribution is 8.00. The molecule has 0 bridgehead atoms. The zero-order valence-corrected chi connectivity index (χ0v) is 14.2. The summed E-state index contributed by atoms with van der Waals surface area (Å²) in [4.78, 5) is 21.8. The molecule has 0 spiro atoms. The Morgan fingerprint density at radius 3 is 2.78 bits per heavy atom. The van der Waals surface area contributed by atoms with E-state index < -0.39 is 26.2 Å². The highest BCUT2D eigenvalue weighted by Gasteiger charge is 2.35. The molecule has 23 heavy (non-hydrogen) atoms. The second-order valence-corrected chi connectivity index (χ2v) is 8.20. The van der Waals surface area contributed by atoms with Crippen LogP contribution in [0.5, 0.6) is 0 Å². The van der Waals surface area contributed by atoms with Gasteiger partial charge in [0.25, 0.3) is 5.69 Å². The van der Waals surface area contributed by atoms with Crippen LogP contribution in [0.25, 0.3) is 0 Å². The van der Waals surface area contributed by atoms with Crippen LogP contribution in [0.1, 0.15) is 5.56 Å². The Hall–Kier alpha value is -1.65. The maximum atomic E-state index is 12.7. The quantitative estimate of drug-likeness (QED) is 0.451. The molecule has 0 amide bonds. The van der Waals surface area contributed by atoms with E-state index >= 15 is 0 Å². The van der Waals surface area contributed by atoms with E-state index in [0.717, 1.165) is 6.07 Å². The summed E-state index contributed by atoms with van der Waals surface area (Å²) in [7, 11) is -2.65. The molecule has 0 aromatic heterocycles. The topological polar surface area (TPSA) is 107 Å². The van der Waals surface area contributed by atoms with Gasteiger partial charge in [-0.2, -0.15) is 4.31 Å². The van der Waals surface area contributed by atoms with Crippen LogP contribution in [-0.4, -0.2) is 54.8 Å². The first-order chi connectivity index (χ1) is 10.8. The highest BCUT2D eigenvalue weighted by Crippen LogP contribution is 2.28. The van der Waals surface area contributed by atoms with Crippen molar-refractivity contribution in [1.82, 2.24) is 4.31 Å². The fourth-order valence-corrected chi connectivity index (χ4v) is 5.03. The first-order valence-corrected chi connectivity index (χ1v) is 9.21. The molecule has 10 heteroatoms. The van der Waals surface area contributed by atoms with E-state index in [0.29, 0.717) is 11.3 Å². The third-order valence-electron chi connectivity index (χ3n) is 3.51. The first kappa shape index (κ1) is 17.7. The second-order valence-electron chi connectivity index (χ2n) is 4.95. The number of hydrogen-bond acceptors (Lipinski definition) is 7. The van der Waals surface area contributed by atoms with Crippen LogP contribution in [0.3, 0.4) is 0 Å². The van der Waals surface area contributed by atoms with Crippen molar-refractivity contribution in [1.29, 1.82) is 0 Å². The SMILES string of the molecule is COC(=O)[C@@H]1CN(S(=O)(=O)c2ccc(C)c([N+](=O)[O-])c2)CCS1. The zero-order valence-electron chi connectivity index (χ0n) is 12.6. The normalized spacial score (nSPS) is 19.3. The van der Waals surface area contributed by atoms with Crippen molar-refractivity contribution < 1.29 is 22.9 Å². The molecule has 0 unspecified atom stereocenters. The molecule has 1 saturated heterocycles. The number of carbonyl (C=O) groups is 1. The number of hydrogen-bond donors (Lipinski definition) is 0. The molecule has 1 aromatic carbocycles. The Morgan fingerprint density at radius 2 is 2.17 bits per heavy atom. The van der Waals surface area contributed by atoms with Gasteiger partial charge in [0.2, 0.25) is 10.0 Å². The van der Waals surface area contributed by atoms with E-state index in [4.69, 9.17) is 0 Å². The summed E-state index contributed by atoms with van der Waals surface area (Å²) in [5.41, 5.74) is 0.137. The van der Waals surface area contributed by atoms with Gasteiger partial charge in [0.15, 0.2) is 0 Å². The molecule has 0 N–H and O–H groups in total. The predicted octanol–water partition coefficient (Wildman–Crippen LogP) is 1.18. The number of sulfonamides is 1. The molecular weight excluding hydrogens is 344 g/mol. The number of nitro benzene ring substituents is 1. The average molecular weight is 360 g/mol. The number of thioether (sulfide) groups is 1. The van der Waals surface area contributed by atoms with E-state index in [1.807, 2.05) is 0 Å². The van der Waals surface area contributed by atoms with Gasteiger partial charge in [-0.1, -0.05) is 6.07 Å². The average Bonchev–Trinajstić information content (AvgIpc) is 2.54. The van der Waals surface area contributed by atoms with Crippen LogP contribution in [0.2, 0.25) is 0 Å². The van der Waals surface area contributed by atoms with Crippen LogP contribution in [-0.2, 0) is 19.6 Å². The summed E-state index contributed by atoms with van der Waals surface area (Å²) in [5, 5.41) is 10.4. The Bertz CT molecular complexity index is 734. The van der Waals surface area contributed by atoms with Gasteiger partial charge in [-0.25, -0.2) is 8.42 Å². The lowest BCUT2D eigenvalue weighted by Gasteiger charge is -2.30. The monoisotopic (exact) mass is 360 g/mol. The van der Waals surface area contributed by atoms with Crippen molar-refractivity contribution in [3.8, 4) is 0 Å². The maximum Gasteiger partial charge on any atom is 0.320 e. The molecule has 126 valence electrons. The van der Waals surface area contributed by atoms with Gasteiger partial charge in [0, 0.05) is 30.5 Å². The van der Waals surface area contributed by atoms with Crippen molar-refractivity contribution in [2.75, 3.05) is 26.0 Å². The van der Waals surface area contributed by atoms with Crippen molar-refractivity contribution in [2.45, 2.75) is 17.1 Å². The van der Waals surface area contributed by atoms with Crippen LogP contribution < -0.4 is 0 Å². The maximum absolute atomic E-state index is 12.7. The number of benzene rings is 1. The Kier molecular flexibility index (Phi) is 5.27. The van der Waals surface area contributed by atoms with E-state index in [-0.39, 0.29) is 23.7 Å².